The summed E-state index contributed by atoms with van der Waals surface area (Å²) in [6.07, 6.45) is 10.5. The molecule has 0 saturated heterocycles. The zero-order valence-electron chi connectivity index (χ0n) is 46.7. The molecule has 4 N–H and O–H groups in total. The normalized spacial score (nSPS) is 14.3. The van der Waals surface area contributed by atoms with E-state index in [0.717, 1.165) is 28.5 Å². The lowest BCUT2D eigenvalue weighted by Gasteiger charge is -2.32. The number of esters is 1. The molecule has 2 aromatic carbocycles. The lowest BCUT2D eigenvalue weighted by molar-refractivity contribution is -0.159. The lowest BCUT2D eigenvalue weighted by Crippen LogP contribution is -2.51. The summed E-state index contributed by atoms with van der Waals surface area (Å²) in [5.41, 5.74) is 3.69. The maximum absolute atomic E-state index is 14.1. The number of rotatable bonds is 27. The number of fused-ring (bicyclic) bond motifs is 5. The third kappa shape index (κ3) is 17.2. The van der Waals surface area contributed by atoms with E-state index in [1.807, 2.05) is 74.7 Å². The van der Waals surface area contributed by atoms with Crippen molar-refractivity contribution in [3.05, 3.63) is 117 Å². The summed E-state index contributed by atoms with van der Waals surface area (Å²) in [7, 11) is 0. The van der Waals surface area contributed by atoms with E-state index in [1.165, 1.54) is 11.8 Å². The first-order valence-corrected chi connectivity index (χ1v) is 29.1. The van der Waals surface area contributed by atoms with E-state index in [1.54, 1.807) is 67.4 Å². The first-order valence-electron chi connectivity index (χ1n) is 26.4. The van der Waals surface area contributed by atoms with Gasteiger partial charge in [-0.15, -0.1) is 4.31 Å². The molecule has 7 rings (SSSR count). The number of pyridine rings is 2. The van der Waals surface area contributed by atoms with Gasteiger partial charge in [0.25, 0.3) is 5.56 Å². The fraction of sp³-hybridized carbons (Fsp3) is 0.439. The molecule has 22 nitrogen and oxygen atoms in total. The molecular formula is C57H69N9O13S2. The van der Waals surface area contributed by atoms with Gasteiger partial charge in [0, 0.05) is 77.1 Å². The molecule has 0 saturated carbocycles. The van der Waals surface area contributed by atoms with Crippen molar-refractivity contribution in [2.24, 2.45) is 0 Å². The van der Waals surface area contributed by atoms with Crippen LogP contribution in [-0.2, 0) is 85.2 Å². The number of allylic oxidation sites excluding steroid dienone is 1. The molecule has 3 aromatic heterocycles. The number of anilines is 1. The van der Waals surface area contributed by atoms with Crippen molar-refractivity contribution in [2.45, 2.75) is 115 Å². The number of cyclic esters (lactones) is 1. The predicted molar refractivity (Wildman–Crippen MR) is 305 cm³/mol. The summed E-state index contributed by atoms with van der Waals surface area (Å²) in [6.45, 7) is 10.4. The Balaban J connectivity index is 0.800. The van der Waals surface area contributed by atoms with Crippen molar-refractivity contribution >= 4 is 81.5 Å². The Hall–Kier alpha value is -7.22. The van der Waals surface area contributed by atoms with Crippen LogP contribution in [-0.4, -0.2) is 133 Å². The van der Waals surface area contributed by atoms with Gasteiger partial charge in [-0.05, 0) is 102 Å². The van der Waals surface area contributed by atoms with Crippen LogP contribution in [0, 0.1) is 0 Å². The Kier molecular flexibility index (Phi) is 21.2. The minimum absolute atomic E-state index is 0.0366. The van der Waals surface area contributed by atoms with Crippen LogP contribution in [0.3, 0.4) is 0 Å². The van der Waals surface area contributed by atoms with Crippen LogP contribution >= 0.6 is 11.8 Å². The zero-order chi connectivity index (χ0) is 58.4. The van der Waals surface area contributed by atoms with Crippen LogP contribution in [0.25, 0.3) is 28.4 Å². The van der Waals surface area contributed by atoms with Gasteiger partial charge in [0.2, 0.25) is 29.7 Å². The van der Waals surface area contributed by atoms with Crippen LogP contribution < -0.4 is 26.8 Å². The molecule has 2 unspecified atom stereocenters. The maximum atomic E-state index is 14.1. The third-order valence-electron chi connectivity index (χ3n) is 13.1. The van der Waals surface area contributed by atoms with E-state index in [0.29, 0.717) is 59.1 Å². The highest BCUT2D eigenvalue weighted by Gasteiger charge is 2.39. The molecule has 0 bridgehead atoms. The first-order chi connectivity index (χ1) is 38.6. The molecule has 5 heterocycles. The standard InChI is InChI=1S/C57H69N9O13S2/c1-35(2)66(81(8)74)23-22-39-40-15-12-13-16-44(40)63-50-42(39)28-65-45(50)24-41-43(52(65)71)30-76-53(72)51(41)79-55(73)77-29-36-18-20-38(21-19-36)62-47(68)27-58-48(69)31-75-32-49(70)64-56(3,4)34-78-57(5,6)33-61-46(67)17-11-9-10-14-37-25-59-54(80-7)60-26-37/h10,12-16,18-21,24-26,35,51H,9,11,17,22-23,27-34H2,1-8H3,(H,58,69)(H,61,67)(H,62,68)(H,64,70)/b14-10+. The number of carbonyl (C=O) groups excluding carboxylic acids is 6. The van der Waals surface area contributed by atoms with E-state index < -0.39 is 83.8 Å². The lowest BCUT2D eigenvalue weighted by atomic mass is 9.97. The number of benzene rings is 2. The minimum Gasteiger partial charge on any atom is -0.598 e. The highest BCUT2D eigenvalue weighted by molar-refractivity contribution is 7.98. The monoisotopic (exact) mass is 1150 g/mol. The number of para-hydroxylation sites is 1. The van der Waals surface area contributed by atoms with Crippen LogP contribution in [0.15, 0.2) is 83.0 Å². The highest BCUT2D eigenvalue weighted by Crippen LogP contribution is 2.39. The number of carbonyl (C=O) groups is 6. The van der Waals surface area contributed by atoms with Gasteiger partial charge in [-0.1, -0.05) is 54.2 Å². The number of unbranched alkanes of at least 4 members (excludes halogenated alkanes) is 1. The number of ether oxygens (including phenoxy) is 5. The van der Waals surface area contributed by atoms with Gasteiger partial charge in [-0.2, -0.15) is 0 Å². The average Bonchev–Trinajstić information content (AvgIpc) is 4.09. The summed E-state index contributed by atoms with van der Waals surface area (Å²) < 4.78 is 43.6. The number of hydrogen-bond donors (Lipinski definition) is 4. The van der Waals surface area contributed by atoms with Gasteiger partial charge in [-0.3, -0.25) is 24.0 Å². The van der Waals surface area contributed by atoms with Crippen LogP contribution in [0.4, 0.5) is 10.5 Å². The SMILES string of the molecule is CSc1ncc(/C=C/CCCC(=O)NCC(C)(C)OCC(C)(C)NC(=O)COCC(=O)NCC(=O)Nc2ccc(COC(=O)OC3C(=O)OCc4c3cc3n(c4=O)Cc4c-3nc3ccccc3c4CCN(C(C)C)[S+](C)[O-])cc2)cn1. The van der Waals surface area contributed by atoms with E-state index in [4.69, 9.17) is 28.7 Å². The molecule has 81 heavy (non-hydrogen) atoms. The summed E-state index contributed by atoms with van der Waals surface area (Å²) >= 11 is 0.271. The van der Waals surface area contributed by atoms with Crippen molar-refractivity contribution in [1.29, 1.82) is 0 Å². The molecule has 2 aliphatic rings. The Labute approximate surface area is 477 Å². The minimum atomic E-state index is -1.59. The quantitative estimate of drug-likeness (QED) is 0.0158. The molecule has 5 aromatic rings. The number of hydrogen-bond acceptors (Lipinski definition) is 18. The fourth-order valence-electron chi connectivity index (χ4n) is 8.97. The summed E-state index contributed by atoms with van der Waals surface area (Å²) in [5.74, 6) is -2.63. The average molecular weight is 1150 g/mol. The predicted octanol–water partition coefficient (Wildman–Crippen LogP) is 5.70. The highest BCUT2D eigenvalue weighted by atomic mass is 32.2. The fourth-order valence-corrected chi connectivity index (χ4v) is 10.2. The Bertz CT molecular complexity index is 3180. The van der Waals surface area contributed by atoms with Gasteiger partial charge in [0.15, 0.2) is 5.16 Å². The first kappa shape index (κ1) is 61.4. The second kappa shape index (κ2) is 28.0. The summed E-state index contributed by atoms with van der Waals surface area (Å²) in [5, 5.41) is 12.4. The number of aromatic nitrogens is 4. The number of amides is 4. The Morgan fingerprint density at radius 2 is 1.69 bits per heavy atom. The zero-order valence-corrected chi connectivity index (χ0v) is 48.3. The summed E-state index contributed by atoms with van der Waals surface area (Å²) in [6, 6.07) is 15.6. The second-order valence-corrected chi connectivity index (χ2v) is 23.0. The molecule has 2 aliphatic heterocycles. The van der Waals surface area contributed by atoms with Crippen LogP contribution in [0.2, 0.25) is 0 Å². The van der Waals surface area contributed by atoms with Gasteiger partial charge in [-0.25, -0.2) is 24.5 Å². The van der Waals surface area contributed by atoms with Crippen molar-refractivity contribution in [3.63, 3.8) is 0 Å². The van der Waals surface area contributed by atoms with E-state index in [2.05, 4.69) is 31.2 Å². The second-order valence-electron chi connectivity index (χ2n) is 20.9. The van der Waals surface area contributed by atoms with Crippen molar-refractivity contribution in [1.82, 2.24) is 39.8 Å². The maximum Gasteiger partial charge on any atom is 0.509 e. The molecule has 24 heteroatoms. The van der Waals surface area contributed by atoms with Crippen molar-refractivity contribution in [3.8, 4) is 11.4 Å². The summed E-state index contributed by atoms with van der Waals surface area (Å²) in [4.78, 5) is 104. The number of nitrogens with zero attached hydrogens (tertiary/aromatic N) is 5. The smallest absolute Gasteiger partial charge is 0.509 e. The Morgan fingerprint density at radius 3 is 2.41 bits per heavy atom. The number of nitrogens with one attached hydrogen (secondary N) is 4. The molecule has 4 amide bonds. The Morgan fingerprint density at radius 1 is 0.963 bits per heavy atom. The molecule has 0 fully saturated rings. The van der Waals surface area contributed by atoms with Crippen molar-refractivity contribution in [2.75, 3.05) is 57.3 Å². The van der Waals surface area contributed by atoms with Crippen molar-refractivity contribution < 1.29 is 57.0 Å². The molecular weight excluding hydrogens is 1080 g/mol. The molecule has 0 aliphatic carbocycles. The molecule has 0 radical (unpaired) electrons. The molecule has 2 atom stereocenters. The third-order valence-corrected chi connectivity index (χ3v) is 14.9. The van der Waals surface area contributed by atoms with Gasteiger partial charge in [0.1, 0.15) is 32.7 Å². The van der Waals surface area contributed by atoms with Crippen LogP contribution in [0.5, 0.6) is 0 Å². The van der Waals surface area contributed by atoms with Gasteiger partial charge < -0.3 is 54.1 Å². The molecule has 0 spiro atoms. The van der Waals surface area contributed by atoms with Crippen LogP contribution in [0.1, 0.15) is 100 Å². The molecule has 432 valence electrons. The topological polar surface area (TPSA) is 284 Å². The largest absolute Gasteiger partial charge is 0.598 e. The number of thioether (sulfide) groups is 1. The van der Waals surface area contributed by atoms with Gasteiger partial charge in [0.05, 0.1) is 53.3 Å². The van der Waals surface area contributed by atoms with E-state index in [-0.39, 0.29) is 56.0 Å². The van der Waals surface area contributed by atoms with E-state index in [9.17, 15) is 38.1 Å². The van der Waals surface area contributed by atoms with E-state index >= 15 is 0 Å². The van der Waals surface area contributed by atoms with Gasteiger partial charge >= 0.3 is 12.1 Å².